The van der Waals surface area contributed by atoms with Crippen molar-refractivity contribution < 1.29 is 19.7 Å². The van der Waals surface area contributed by atoms with Crippen LogP contribution in [0, 0.1) is 0 Å². The van der Waals surface area contributed by atoms with Crippen molar-refractivity contribution in [1.82, 2.24) is 4.98 Å². The highest BCUT2D eigenvalue weighted by molar-refractivity contribution is 5.94. The topological polar surface area (TPSA) is 82.9 Å². The minimum atomic E-state index is -1.06. The first-order chi connectivity index (χ1) is 11.2. The van der Waals surface area contributed by atoms with Gasteiger partial charge in [-0.2, -0.15) is 0 Å². The van der Waals surface area contributed by atoms with Crippen LogP contribution >= 0.6 is 0 Å². The summed E-state index contributed by atoms with van der Waals surface area (Å²) >= 11 is 0. The van der Waals surface area contributed by atoms with Crippen molar-refractivity contribution in [2.75, 3.05) is 18.1 Å². The van der Waals surface area contributed by atoms with Crippen LogP contribution in [-0.2, 0) is 0 Å². The van der Waals surface area contributed by atoms with Gasteiger partial charge in [-0.15, -0.1) is 0 Å². The zero-order valence-electron chi connectivity index (χ0n) is 12.3. The lowest BCUT2D eigenvalue weighted by molar-refractivity contribution is 0.0690. The van der Waals surface area contributed by atoms with Gasteiger partial charge in [-0.25, -0.2) is 9.78 Å². The number of anilines is 2. The van der Waals surface area contributed by atoms with E-state index in [1.807, 2.05) is 12.1 Å². The maximum Gasteiger partial charge on any atom is 0.339 e. The summed E-state index contributed by atoms with van der Waals surface area (Å²) < 4.78 is 5.59. The number of carbonyl (C=O) groups is 1. The van der Waals surface area contributed by atoms with Crippen LogP contribution in [0.2, 0.25) is 0 Å². The Morgan fingerprint density at radius 2 is 2.26 bits per heavy atom. The summed E-state index contributed by atoms with van der Waals surface area (Å²) in [6.45, 7) is 3.73. The van der Waals surface area contributed by atoms with Crippen LogP contribution < -0.4 is 9.64 Å². The molecular weight excluding hydrogens is 296 g/mol. The maximum absolute atomic E-state index is 11.4. The van der Waals surface area contributed by atoms with Gasteiger partial charge in [0.2, 0.25) is 0 Å². The van der Waals surface area contributed by atoms with E-state index in [1.165, 1.54) is 6.07 Å². The van der Waals surface area contributed by atoms with Gasteiger partial charge in [0.15, 0.2) is 5.75 Å². The van der Waals surface area contributed by atoms with E-state index in [9.17, 15) is 15.0 Å². The molecule has 1 unspecified atom stereocenters. The average Bonchev–Trinajstić information content (AvgIpc) is 2.60. The predicted molar refractivity (Wildman–Crippen MR) is 86.2 cm³/mol. The van der Waals surface area contributed by atoms with E-state index < -0.39 is 5.97 Å². The molecule has 1 aliphatic heterocycles. The first-order valence-electron chi connectivity index (χ1n) is 7.13. The second-order valence-corrected chi connectivity index (χ2v) is 5.13. The first kappa shape index (κ1) is 15.1. The molecule has 118 valence electrons. The summed E-state index contributed by atoms with van der Waals surface area (Å²) in [5.74, 6) is -0.153. The monoisotopic (exact) mass is 312 g/mol. The highest BCUT2D eigenvalue weighted by atomic mass is 16.5. The summed E-state index contributed by atoms with van der Waals surface area (Å²) in [6.07, 6.45) is 3.36. The molecule has 0 radical (unpaired) electrons. The van der Waals surface area contributed by atoms with E-state index >= 15 is 0 Å². The van der Waals surface area contributed by atoms with Crippen molar-refractivity contribution in [3.05, 3.63) is 54.2 Å². The van der Waals surface area contributed by atoms with Gasteiger partial charge in [0.25, 0.3) is 0 Å². The number of pyridine rings is 1. The van der Waals surface area contributed by atoms with E-state index in [0.717, 1.165) is 5.56 Å². The number of aliphatic hydroxyl groups is 1. The molecule has 1 atom stereocenters. The molecule has 1 aliphatic rings. The molecule has 3 rings (SSSR count). The number of hydrogen-bond donors (Lipinski definition) is 2. The Labute approximate surface area is 133 Å². The number of benzene rings is 1. The number of para-hydroxylation sites is 1. The van der Waals surface area contributed by atoms with Crippen LogP contribution in [0.15, 0.2) is 43.1 Å². The number of nitrogens with zero attached hydrogens (tertiary/aromatic N) is 2. The number of carboxylic acids is 1. The molecule has 0 spiro atoms. The fourth-order valence-electron chi connectivity index (χ4n) is 2.59. The SMILES string of the molecule is C=Cc1ccc(N2c3cccc(C(=O)O)c3OCC2CO)nc1. The molecule has 0 amide bonds. The van der Waals surface area contributed by atoms with Crippen molar-refractivity contribution in [2.45, 2.75) is 6.04 Å². The van der Waals surface area contributed by atoms with Crippen LogP contribution in [0.4, 0.5) is 11.5 Å². The Bertz CT molecular complexity index is 743. The molecule has 6 nitrogen and oxygen atoms in total. The third-order valence-electron chi connectivity index (χ3n) is 3.73. The molecular formula is C17H16N2O4. The Morgan fingerprint density at radius 1 is 1.43 bits per heavy atom. The lowest BCUT2D eigenvalue weighted by Crippen LogP contribution is -2.43. The van der Waals surface area contributed by atoms with Crippen LogP contribution in [0.25, 0.3) is 6.08 Å². The molecule has 0 saturated carbocycles. The number of fused-ring (bicyclic) bond motifs is 1. The zero-order chi connectivity index (χ0) is 16.4. The Kier molecular flexibility index (Phi) is 3.99. The van der Waals surface area contributed by atoms with Crippen molar-refractivity contribution >= 4 is 23.6 Å². The summed E-state index contributed by atoms with van der Waals surface area (Å²) in [7, 11) is 0. The lowest BCUT2D eigenvalue weighted by atomic mass is 10.1. The highest BCUT2D eigenvalue weighted by Crippen LogP contribution is 2.40. The van der Waals surface area contributed by atoms with Gasteiger partial charge >= 0.3 is 5.97 Å². The van der Waals surface area contributed by atoms with Crippen molar-refractivity contribution in [1.29, 1.82) is 0 Å². The second-order valence-electron chi connectivity index (χ2n) is 5.13. The van der Waals surface area contributed by atoms with E-state index in [2.05, 4.69) is 11.6 Å². The molecule has 1 aromatic heterocycles. The van der Waals surface area contributed by atoms with Gasteiger partial charge in [0, 0.05) is 6.20 Å². The summed E-state index contributed by atoms with van der Waals surface area (Å²) in [5.41, 5.74) is 1.54. The van der Waals surface area contributed by atoms with Gasteiger partial charge < -0.3 is 19.8 Å². The van der Waals surface area contributed by atoms with Crippen LogP contribution in [0.5, 0.6) is 5.75 Å². The summed E-state index contributed by atoms with van der Waals surface area (Å²) in [4.78, 5) is 17.6. The second kappa shape index (κ2) is 6.10. The summed E-state index contributed by atoms with van der Waals surface area (Å²) in [5, 5.41) is 19.0. The standard InChI is InChI=1S/C17H16N2O4/c1-2-11-6-7-15(18-8-11)19-12(9-20)10-23-16-13(17(21)22)4-3-5-14(16)19/h2-8,12,20H,1,9-10H2,(H,21,22). The molecule has 1 aromatic carbocycles. The van der Waals surface area contributed by atoms with Crippen LogP contribution in [0.3, 0.4) is 0 Å². The predicted octanol–water partition coefficient (Wildman–Crippen LogP) is 2.31. The number of aliphatic hydroxyl groups excluding tert-OH is 1. The fourth-order valence-corrected chi connectivity index (χ4v) is 2.59. The normalized spacial score (nSPS) is 16.4. The van der Waals surface area contributed by atoms with Gasteiger partial charge in [-0.3, -0.25) is 0 Å². The minimum absolute atomic E-state index is 0.0894. The number of rotatable bonds is 4. The van der Waals surface area contributed by atoms with Crippen LogP contribution in [-0.4, -0.2) is 40.4 Å². The van der Waals surface area contributed by atoms with Crippen LogP contribution in [0.1, 0.15) is 15.9 Å². The smallest absolute Gasteiger partial charge is 0.339 e. The van der Waals surface area contributed by atoms with E-state index in [1.54, 1.807) is 29.3 Å². The summed E-state index contributed by atoms with van der Waals surface area (Å²) in [6, 6.07) is 8.23. The third kappa shape index (κ3) is 2.64. The average molecular weight is 312 g/mol. The van der Waals surface area contributed by atoms with Gasteiger partial charge in [0.1, 0.15) is 18.0 Å². The molecule has 0 fully saturated rings. The number of hydrogen-bond acceptors (Lipinski definition) is 5. The molecule has 2 aromatic rings. The molecule has 23 heavy (non-hydrogen) atoms. The number of aromatic carboxylic acids is 1. The molecule has 0 aliphatic carbocycles. The largest absolute Gasteiger partial charge is 0.488 e. The third-order valence-corrected chi connectivity index (χ3v) is 3.73. The quantitative estimate of drug-likeness (QED) is 0.901. The fraction of sp³-hybridized carbons (Fsp3) is 0.176. The molecule has 6 heteroatoms. The van der Waals surface area contributed by atoms with Gasteiger partial charge in [-0.05, 0) is 29.8 Å². The van der Waals surface area contributed by atoms with E-state index in [0.29, 0.717) is 17.3 Å². The minimum Gasteiger partial charge on any atom is -0.488 e. The van der Waals surface area contributed by atoms with Crippen molar-refractivity contribution in [3.8, 4) is 5.75 Å². The first-order valence-corrected chi connectivity index (χ1v) is 7.13. The Morgan fingerprint density at radius 3 is 2.87 bits per heavy atom. The maximum atomic E-state index is 11.4. The van der Waals surface area contributed by atoms with E-state index in [4.69, 9.17) is 4.74 Å². The Balaban J connectivity index is 2.12. The van der Waals surface area contributed by atoms with Crippen molar-refractivity contribution in [2.24, 2.45) is 0 Å². The highest BCUT2D eigenvalue weighted by Gasteiger charge is 2.31. The van der Waals surface area contributed by atoms with Gasteiger partial charge in [0.05, 0.1) is 18.3 Å². The molecule has 2 N–H and O–H groups in total. The number of aromatic nitrogens is 1. The lowest BCUT2D eigenvalue weighted by Gasteiger charge is -2.37. The van der Waals surface area contributed by atoms with Gasteiger partial charge in [-0.1, -0.05) is 18.7 Å². The molecule has 0 saturated heterocycles. The number of carboxylic acid groups (broad SMARTS) is 1. The Hall–Kier alpha value is -2.86. The zero-order valence-corrected chi connectivity index (χ0v) is 12.3. The van der Waals surface area contributed by atoms with Crippen molar-refractivity contribution in [3.63, 3.8) is 0 Å². The van der Waals surface area contributed by atoms with E-state index in [-0.39, 0.29) is 24.8 Å². The number of ether oxygens (including phenoxy) is 1. The molecule has 2 heterocycles. The molecule has 0 bridgehead atoms.